The minimum absolute atomic E-state index is 0.0463. The summed E-state index contributed by atoms with van der Waals surface area (Å²) in [5.74, 6) is 0.390. The van der Waals surface area contributed by atoms with E-state index in [2.05, 4.69) is 15.5 Å². The van der Waals surface area contributed by atoms with E-state index in [-0.39, 0.29) is 29.0 Å². The fourth-order valence-electron chi connectivity index (χ4n) is 3.06. The standard InChI is InChI=1S/C18H25N5O2/c1-4-12-7-8-14(15(24)10-12)17-21-20-16(18(25)23(17)3)19-13-6-5-9-22(2)11-13/h7-8,10,13,24H,4-6,9,11H2,1-3H3,(H,19,20)/t13-/m1/s1/i2D3. The fraction of sp³-hybridized carbons (Fsp3) is 0.500. The van der Waals surface area contributed by atoms with Crippen molar-refractivity contribution >= 4 is 5.82 Å². The molecule has 2 N–H and O–H groups in total. The molecule has 1 atom stereocenters. The van der Waals surface area contributed by atoms with Crippen LogP contribution >= 0.6 is 0 Å². The molecule has 1 aromatic carbocycles. The summed E-state index contributed by atoms with van der Waals surface area (Å²) >= 11 is 0. The van der Waals surface area contributed by atoms with E-state index >= 15 is 0 Å². The van der Waals surface area contributed by atoms with Gasteiger partial charge in [-0.05, 0) is 50.5 Å². The normalized spacial score (nSPS) is 20.6. The average molecular weight is 346 g/mol. The predicted octanol–water partition coefficient (Wildman–Crippen LogP) is 1.62. The van der Waals surface area contributed by atoms with Crippen molar-refractivity contribution in [1.82, 2.24) is 19.7 Å². The highest BCUT2D eigenvalue weighted by molar-refractivity contribution is 5.64. The Bertz CT molecular complexity index is 913. The zero-order valence-corrected chi connectivity index (χ0v) is 14.5. The van der Waals surface area contributed by atoms with E-state index in [1.165, 1.54) is 9.47 Å². The molecule has 2 heterocycles. The highest BCUT2D eigenvalue weighted by Crippen LogP contribution is 2.27. The van der Waals surface area contributed by atoms with E-state index in [0.29, 0.717) is 18.7 Å². The topological polar surface area (TPSA) is 83.3 Å². The van der Waals surface area contributed by atoms with Crippen LogP contribution in [0.25, 0.3) is 11.4 Å². The Kier molecular flexibility index (Phi) is 4.00. The Morgan fingerprint density at radius 2 is 2.28 bits per heavy atom. The Morgan fingerprint density at radius 1 is 1.44 bits per heavy atom. The van der Waals surface area contributed by atoms with Gasteiger partial charge in [-0.25, -0.2) is 0 Å². The van der Waals surface area contributed by atoms with Crippen molar-refractivity contribution in [2.24, 2.45) is 7.05 Å². The number of phenols is 1. The minimum Gasteiger partial charge on any atom is -0.507 e. The van der Waals surface area contributed by atoms with Crippen LogP contribution in [0, 0.1) is 0 Å². The van der Waals surface area contributed by atoms with Crippen LogP contribution in [0.15, 0.2) is 23.0 Å². The van der Waals surface area contributed by atoms with Gasteiger partial charge in [0.05, 0.1) is 5.56 Å². The number of nitrogens with one attached hydrogen (secondary N) is 1. The second-order valence-corrected chi connectivity index (χ2v) is 6.37. The summed E-state index contributed by atoms with van der Waals surface area (Å²) in [5, 5.41) is 21.5. The van der Waals surface area contributed by atoms with Crippen molar-refractivity contribution in [3.05, 3.63) is 34.1 Å². The second kappa shape index (κ2) is 7.23. The van der Waals surface area contributed by atoms with Crippen molar-refractivity contribution in [3.8, 4) is 17.1 Å². The fourth-order valence-corrected chi connectivity index (χ4v) is 3.06. The summed E-state index contributed by atoms with van der Waals surface area (Å²) < 4.78 is 24.0. The van der Waals surface area contributed by atoms with Gasteiger partial charge in [-0.3, -0.25) is 9.36 Å². The number of benzene rings is 1. The van der Waals surface area contributed by atoms with E-state index in [1.807, 2.05) is 13.0 Å². The van der Waals surface area contributed by atoms with Gasteiger partial charge >= 0.3 is 0 Å². The zero-order valence-electron chi connectivity index (χ0n) is 17.5. The van der Waals surface area contributed by atoms with Crippen LogP contribution in [0.1, 0.15) is 29.4 Å². The lowest BCUT2D eigenvalue weighted by Gasteiger charge is -2.30. The molecule has 0 bridgehead atoms. The zero-order chi connectivity index (χ0) is 20.5. The van der Waals surface area contributed by atoms with E-state index in [9.17, 15) is 9.90 Å². The lowest BCUT2D eigenvalue weighted by Crippen LogP contribution is -2.41. The maximum atomic E-state index is 12.7. The van der Waals surface area contributed by atoms with Crippen LogP contribution in [-0.2, 0) is 13.5 Å². The van der Waals surface area contributed by atoms with E-state index in [4.69, 9.17) is 4.11 Å². The number of aromatic hydroxyl groups is 1. The van der Waals surface area contributed by atoms with Gasteiger partial charge in [-0.15, -0.1) is 10.2 Å². The number of nitrogens with zero attached hydrogens (tertiary/aromatic N) is 4. The summed E-state index contributed by atoms with van der Waals surface area (Å²) in [7, 11) is 1.57. The molecule has 1 aliphatic heterocycles. The Morgan fingerprint density at radius 3 is 3.00 bits per heavy atom. The van der Waals surface area contributed by atoms with Crippen molar-refractivity contribution in [2.75, 3.05) is 25.4 Å². The molecule has 1 fully saturated rings. The molecule has 7 heteroatoms. The van der Waals surface area contributed by atoms with Gasteiger partial charge in [0.2, 0.25) is 5.82 Å². The van der Waals surface area contributed by atoms with Crippen LogP contribution in [-0.4, -0.2) is 50.9 Å². The number of anilines is 1. The number of hydrogen-bond donors (Lipinski definition) is 2. The number of likely N-dealkylation sites (N-methyl/N-ethyl adjacent to an activating group) is 1. The minimum atomic E-state index is -2.15. The first-order valence-corrected chi connectivity index (χ1v) is 8.48. The van der Waals surface area contributed by atoms with Gasteiger partial charge in [0.15, 0.2) is 5.82 Å². The third kappa shape index (κ3) is 3.66. The molecule has 0 amide bonds. The first kappa shape index (κ1) is 13.8. The molecule has 0 aliphatic carbocycles. The van der Waals surface area contributed by atoms with Gasteiger partial charge in [0, 0.05) is 23.7 Å². The average Bonchev–Trinajstić information content (AvgIpc) is 2.66. The number of aromatic nitrogens is 3. The van der Waals surface area contributed by atoms with Crippen LogP contribution < -0.4 is 10.9 Å². The smallest absolute Gasteiger partial charge is 0.296 e. The molecule has 1 saturated heterocycles. The van der Waals surface area contributed by atoms with Crippen molar-refractivity contribution in [2.45, 2.75) is 32.2 Å². The number of piperidine rings is 1. The predicted molar refractivity (Wildman–Crippen MR) is 97.9 cm³/mol. The van der Waals surface area contributed by atoms with E-state index in [1.54, 1.807) is 19.2 Å². The molecule has 3 rings (SSSR count). The van der Waals surface area contributed by atoms with E-state index in [0.717, 1.165) is 24.8 Å². The molecule has 7 nitrogen and oxygen atoms in total. The van der Waals surface area contributed by atoms with Crippen LogP contribution in [0.3, 0.4) is 0 Å². The molecule has 0 spiro atoms. The molecular weight excluding hydrogens is 318 g/mol. The molecule has 0 saturated carbocycles. The van der Waals surface area contributed by atoms with Crippen LogP contribution in [0.2, 0.25) is 0 Å². The molecule has 0 unspecified atom stereocenters. The number of aryl methyl sites for hydroxylation is 1. The Labute approximate surface area is 151 Å². The molecule has 134 valence electrons. The molecule has 1 aromatic heterocycles. The second-order valence-electron chi connectivity index (χ2n) is 6.37. The summed E-state index contributed by atoms with van der Waals surface area (Å²) in [6.45, 7) is 0.652. The highest BCUT2D eigenvalue weighted by atomic mass is 16.3. The Hall–Kier alpha value is -2.41. The first-order chi connectivity index (χ1) is 13.2. The van der Waals surface area contributed by atoms with Crippen LogP contribution in [0.4, 0.5) is 5.82 Å². The summed E-state index contributed by atoms with van der Waals surface area (Å²) in [4.78, 5) is 14.2. The van der Waals surface area contributed by atoms with Gasteiger partial charge in [-0.1, -0.05) is 13.0 Å². The number of rotatable bonds is 4. The summed E-state index contributed by atoms with van der Waals surface area (Å²) in [6, 6.07) is 5.05. The van der Waals surface area contributed by atoms with Crippen molar-refractivity contribution < 1.29 is 9.22 Å². The van der Waals surface area contributed by atoms with Crippen molar-refractivity contribution in [3.63, 3.8) is 0 Å². The Balaban J connectivity index is 1.84. The van der Waals surface area contributed by atoms with E-state index < -0.39 is 6.98 Å². The lowest BCUT2D eigenvalue weighted by molar-refractivity contribution is 0.260. The largest absolute Gasteiger partial charge is 0.507 e. The van der Waals surface area contributed by atoms with Gasteiger partial charge in [0.1, 0.15) is 5.75 Å². The van der Waals surface area contributed by atoms with Crippen LogP contribution in [0.5, 0.6) is 5.75 Å². The maximum Gasteiger partial charge on any atom is 0.296 e. The first-order valence-electron chi connectivity index (χ1n) is 9.98. The molecule has 1 aliphatic rings. The number of phenolic OH excluding ortho intramolecular Hbond substituents is 1. The third-order valence-corrected chi connectivity index (χ3v) is 4.54. The number of hydrogen-bond acceptors (Lipinski definition) is 6. The van der Waals surface area contributed by atoms with Gasteiger partial charge in [0.25, 0.3) is 5.56 Å². The molecule has 2 aromatic rings. The monoisotopic (exact) mass is 346 g/mol. The van der Waals surface area contributed by atoms with Crippen molar-refractivity contribution in [1.29, 1.82) is 0 Å². The van der Waals surface area contributed by atoms with Gasteiger partial charge in [-0.2, -0.15) is 0 Å². The third-order valence-electron chi connectivity index (χ3n) is 4.54. The molecular formula is C18H25N5O2. The quantitative estimate of drug-likeness (QED) is 0.875. The number of likely N-dealkylation sites (tertiary alicyclic amines) is 1. The molecule has 0 radical (unpaired) electrons. The summed E-state index contributed by atoms with van der Waals surface area (Å²) in [6.07, 6.45) is 2.26. The lowest BCUT2D eigenvalue weighted by atomic mass is 10.1. The SMILES string of the molecule is [2H]C([2H])([2H])N1CCC[C@@H](Nc2nnc(-c3ccc(CC)cc3O)n(C)c2=O)C1. The maximum absolute atomic E-state index is 12.7. The highest BCUT2D eigenvalue weighted by Gasteiger charge is 2.20. The van der Waals surface area contributed by atoms with Gasteiger partial charge < -0.3 is 15.3 Å². The molecule has 25 heavy (non-hydrogen) atoms. The summed E-state index contributed by atoms with van der Waals surface area (Å²) in [5.41, 5.74) is 1.03.